The first-order chi connectivity index (χ1) is 9.14. The van der Waals surface area contributed by atoms with Gasteiger partial charge < -0.3 is 5.32 Å². The smallest absolute Gasteiger partial charge is 0.243 e. The molecule has 1 aromatic rings. The molecule has 0 atom stereocenters. The van der Waals surface area contributed by atoms with Gasteiger partial charge in [0.15, 0.2) is 0 Å². The van der Waals surface area contributed by atoms with Crippen molar-refractivity contribution in [3.8, 4) is 0 Å². The molecule has 1 saturated heterocycles. The highest BCUT2D eigenvalue weighted by Crippen LogP contribution is 2.21. The molecule has 1 aliphatic heterocycles. The third kappa shape index (κ3) is 3.48. The molecule has 0 aliphatic carbocycles. The molecule has 0 amide bonds. The number of benzene rings is 1. The lowest BCUT2D eigenvalue weighted by molar-refractivity contribution is 0.424. The molecule has 1 aromatic carbocycles. The summed E-state index contributed by atoms with van der Waals surface area (Å²) in [6.07, 6.45) is 4.19. The van der Waals surface area contributed by atoms with E-state index in [1.165, 1.54) is 0 Å². The Morgan fingerprint density at radius 2 is 1.63 bits per heavy atom. The first-order valence-electron chi connectivity index (χ1n) is 6.98. The molecule has 19 heavy (non-hydrogen) atoms. The molecule has 1 N–H and O–H groups in total. The molecular weight excluding hydrogens is 260 g/mol. The van der Waals surface area contributed by atoms with E-state index in [9.17, 15) is 8.42 Å². The van der Waals surface area contributed by atoms with Crippen LogP contribution in [0.4, 0.5) is 5.69 Å². The van der Waals surface area contributed by atoms with E-state index in [4.69, 9.17) is 0 Å². The minimum absolute atomic E-state index is 0.399. The summed E-state index contributed by atoms with van der Waals surface area (Å²) in [5.74, 6) is 0. The highest BCUT2D eigenvalue weighted by molar-refractivity contribution is 7.89. The summed E-state index contributed by atoms with van der Waals surface area (Å²) >= 11 is 0. The van der Waals surface area contributed by atoms with Crippen molar-refractivity contribution in [3.05, 3.63) is 24.3 Å². The van der Waals surface area contributed by atoms with Gasteiger partial charge in [0.1, 0.15) is 0 Å². The average molecular weight is 282 g/mol. The lowest BCUT2D eigenvalue weighted by Crippen LogP contribution is -2.31. The molecular formula is C14H22N2O2S. The van der Waals surface area contributed by atoms with Gasteiger partial charge in [0.25, 0.3) is 0 Å². The fourth-order valence-electron chi connectivity index (χ4n) is 2.38. The molecule has 0 radical (unpaired) electrons. The van der Waals surface area contributed by atoms with Crippen LogP contribution < -0.4 is 5.32 Å². The highest BCUT2D eigenvalue weighted by Gasteiger charge is 2.24. The number of hydrogen-bond acceptors (Lipinski definition) is 3. The summed E-state index contributed by atoms with van der Waals surface area (Å²) in [4.78, 5) is 0.399. The van der Waals surface area contributed by atoms with Crippen molar-refractivity contribution in [2.45, 2.75) is 37.5 Å². The van der Waals surface area contributed by atoms with Gasteiger partial charge in [-0.3, -0.25) is 0 Å². The van der Waals surface area contributed by atoms with Crippen molar-refractivity contribution >= 4 is 15.7 Å². The number of anilines is 1. The number of hydrogen-bond donors (Lipinski definition) is 1. The SMILES string of the molecule is CCNc1ccc(S(=O)(=O)N2CCCCCC2)cc1. The van der Waals surface area contributed by atoms with Gasteiger partial charge in [-0.2, -0.15) is 4.31 Å². The Kier molecular flexibility index (Phi) is 4.82. The topological polar surface area (TPSA) is 49.4 Å². The van der Waals surface area contributed by atoms with E-state index >= 15 is 0 Å². The maximum absolute atomic E-state index is 12.5. The summed E-state index contributed by atoms with van der Waals surface area (Å²) in [6.45, 7) is 4.15. The van der Waals surface area contributed by atoms with Gasteiger partial charge in [-0.25, -0.2) is 8.42 Å². The van der Waals surface area contributed by atoms with E-state index in [1.54, 1.807) is 16.4 Å². The van der Waals surface area contributed by atoms with Crippen LogP contribution in [0.3, 0.4) is 0 Å². The maximum atomic E-state index is 12.5. The van der Waals surface area contributed by atoms with Gasteiger partial charge in [-0.1, -0.05) is 12.8 Å². The maximum Gasteiger partial charge on any atom is 0.243 e. The molecule has 0 aromatic heterocycles. The van der Waals surface area contributed by atoms with E-state index in [0.29, 0.717) is 18.0 Å². The van der Waals surface area contributed by atoms with E-state index in [0.717, 1.165) is 37.9 Å². The van der Waals surface area contributed by atoms with Crippen LogP contribution >= 0.6 is 0 Å². The second-order valence-electron chi connectivity index (χ2n) is 4.87. The van der Waals surface area contributed by atoms with Gasteiger partial charge in [0, 0.05) is 25.3 Å². The summed E-state index contributed by atoms with van der Waals surface area (Å²) < 4.78 is 26.7. The fourth-order valence-corrected chi connectivity index (χ4v) is 3.90. The van der Waals surface area contributed by atoms with Gasteiger partial charge in [0.05, 0.1) is 4.90 Å². The van der Waals surface area contributed by atoms with Gasteiger partial charge in [-0.05, 0) is 44.0 Å². The monoisotopic (exact) mass is 282 g/mol. The van der Waals surface area contributed by atoms with E-state index in [2.05, 4.69) is 5.32 Å². The Bertz CT molecular complexity index is 489. The second-order valence-corrected chi connectivity index (χ2v) is 6.81. The predicted molar refractivity (Wildman–Crippen MR) is 77.8 cm³/mol. The molecule has 4 nitrogen and oxygen atoms in total. The number of nitrogens with one attached hydrogen (secondary N) is 1. The molecule has 0 unspecified atom stereocenters. The Morgan fingerprint density at radius 1 is 1.05 bits per heavy atom. The quantitative estimate of drug-likeness (QED) is 0.923. The van der Waals surface area contributed by atoms with Crippen LogP contribution in [0.15, 0.2) is 29.2 Å². The molecule has 1 aliphatic rings. The summed E-state index contributed by atoms with van der Waals surface area (Å²) in [7, 11) is -3.31. The first-order valence-corrected chi connectivity index (χ1v) is 8.42. The van der Waals surface area contributed by atoms with E-state index in [1.807, 2.05) is 19.1 Å². The Morgan fingerprint density at radius 3 is 2.16 bits per heavy atom. The first kappa shape index (κ1) is 14.3. The van der Waals surface area contributed by atoms with Crippen molar-refractivity contribution in [3.63, 3.8) is 0 Å². The summed E-state index contributed by atoms with van der Waals surface area (Å²) in [5.41, 5.74) is 0.956. The fraction of sp³-hybridized carbons (Fsp3) is 0.571. The van der Waals surface area contributed by atoms with Crippen molar-refractivity contribution in [1.29, 1.82) is 0 Å². The molecule has 106 valence electrons. The predicted octanol–water partition coefficient (Wildman–Crippen LogP) is 2.68. The van der Waals surface area contributed by atoms with E-state index < -0.39 is 10.0 Å². The minimum Gasteiger partial charge on any atom is -0.385 e. The largest absolute Gasteiger partial charge is 0.385 e. The Labute approximate surface area is 115 Å². The Balaban J connectivity index is 2.18. The van der Waals surface area contributed by atoms with Crippen molar-refractivity contribution < 1.29 is 8.42 Å². The molecule has 5 heteroatoms. The normalized spacial score (nSPS) is 17.9. The van der Waals surface area contributed by atoms with Crippen LogP contribution in [0.25, 0.3) is 0 Å². The van der Waals surface area contributed by atoms with Gasteiger partial charge >= 0.3 is 0 Å². The standard InChI is InChI=1S/C14H22N2O2S/c1-2-15-13-7-9-14(10-8-13)19(17,18)16-11-5-3-4-6-12-16/h7-10,15H,2-6,11-12H2,1H3. The van der Waals surface area contributed by atoms with Crippen LogP contribution in [-0.4, -0.2) is 32.4 Å². The van der Waals surface area contributed by atoms with Crippen molar-refractivity contribution in [2.24, 2.45) is 0 Å². The third-order valence-corrected chi connectivity index (χ3v) is 5.35. The third-order valence-electron chi connectivity index (χ3n) is 3.44. The lowest BCUT2D eigenvalue weighted by atomic mass is 10.2. The average Bonchev–Trinajstić information content (AvgIpc) is 2.69. The van der Waals surface area contributed by atoms with Gasteiger partial charge in [0.2, 0.25) is 10.0 Å². The molecule has 1 fully saturated rings. The zero-order chi connectivity index (χ0) is 13.7. The highest BCUT2D eigenvalue weighted by atomic mass is 32.2. The molecule has 2 rings (SSSR count). The number of sulfonamides is 1. The van der Waals surface area contributed by atoms with Crippen LogP contribution in [-0.2, 0) is 10.0 Å². The second kappa shape index (κ2) is 6.39. The van der Waals surface area contributed by atoms with Crippen LogP contribution in [0, 0.1) is 0 Å². The molecule has 0 saturated carbocycles. The number of nitrogens with zero attached hydrogens (tertiary/aromatic N) is 1. The Hall–Kier alpha value is -1.07. The minimum atomic E-state index is -3.31. The van der Waals surface area contributed by atoms with Crippen LogP contribution in [0.5, 0.6) is 0 Å². The summed E-state index contributed by atoms with van der Waals surface area (Å²) in [5, 5.41) is 3.17. The molecule has 0 bridgehead atoms. The van der Waals surface area contributed by atoms with Crippen LogP contribution in [0.1, 0.15) is 32.6 Å². The van der Waals surface area contributed by atoms with Crippen LogP contribution in [0.2, 0.25) is 0 Å². The van der Waals surface area contributed by atoms with E-state index in [-0.39, 0.29) is 0 Å². The molecule has 0 spiro atoms. The lowest BCUT2D eigenvalue weighted by Gasteiger charge is -2.20. The van der Waals surface area contributed by atoms with Gasteiger partial charge in [-0.15, -0.1) is 0 Å². The van der Waals surface area contributed by atoms with Crippen molar-refractivity contribution in [2.75, 3.05) is 25.0 Å². The van der Waals surface area contributed by atoms with Crippen molar-refractivity contribution in [1.82, 2.24) is 4.31 Å². The summed E-state index contributed by atoms with van der Waals surface area (Å²) in [6, 6.07) is 7.04. The zero-order valence-electron chi connectivity index (χ0n) is 11.4. The molecule has 1 heterocycles. The zero-order valence-corrected chi connectivity index (χ0v) is 12.2. The number of rotatable bonds is 4.